The average Bonchev–Trinajstić information content (AvgIpc) is 2.72. The Morgan fingerprint density at radius 2 is 1.66 bits per heavy atom. The van der Waals surface area contributed by atoms with Crippen molar-refractivity contribution in [2.75, 3.05) is 27.2 Å². The summed E-state index contributed by atoms with van der Waals surface area (Å²) in [7, 11) is 4.04. The van der Waals surface area contributed by atoms with Gasteiger partial charge in [0.15, 0.2) is 0 Å². The molecule has 2 rings (SSSR count). The first-order valence-corrected chi connectivity index (χ1v) is 10.6. The molecule has 2 aromatic carbocycles. The standard InChI is InChI=1S/C25H36N2O2/c1-6-10-19(2)18-29-23-15-13-22(14-16-23)24(17-27(4)5)26-25(28)20(3)21-11-8-7-9-12-21/h7-9,11-16,19-20,24H,6,10,17-18H2,1-5H3,(H,26,28)/t19?,20-,24-/m0/s1. The molecule has 0 spiro atoms. The molecule has 3 atom stereocenters. The molecule has 0 bridgehead atoms. The van der Waals surface area contributed by atoms with Crippen molar-refractivity contribution < 1.29 is 9.53 Å². The maximum atomic E-state index is 12.9. The summed E-state index contributed by atoms with van der Waals surface area (Å²) in [6.07, 6.45) is 2.35. The van der Waals surface area contributed by atoms with Crippen LogP contribution in [0.3, 0.4) is 0 Å². The summed E-state index contributed by atoms with van der Waals surface area (Å²) in [5, 5.41) is 3.23. The lowest BCUT2D eigenvalue weighted by Gasteiger charge is -2.25. The molecular formula is C25H36N2O2. The Kier molecular flexibility index (Phi) is 9.20. The van der Waals surface area contributed by atoms with Crippen LogP contribution < -0.4 is 10.1 Å². The van der Waals surface area contributed by atoms with Crippen molar-refractivity contribution in [2.45, 2.75) is 45.6 Å². The van der Waals surface area contributed by atoms with E-state index >= 15 is 0 Å². The van der Waals surface area contributed by atoms with Crippen molar-refractivity contribution in [2.24, 2.45) is 5.92 Å². The van der Waals surface area contributed by atoms with Crippen molar-refractivity contribution in [3.63, 3.8) is 0 Å². The number of hydrogen-bond acceptors (Lipinski definition) is 3. The van der Waals surface area contributed by atoms with Gasteiger partial charge in [-0.1, -0.05) is 62.7 Å². The molecule has 158 valence electrons. The molecule has 0 aliphatic rings. The summed E-state index contributed by atoms with van der Waals surface area (Å²) in [5.74, 6) is 1.28. The predicted molar refractivity (Wildman–Crippen MR) is 120 cm³/mol. The minimum atomic E-state index is -0.191. The second-order valence-electron chi connectivity index (χ2n) is 8.23. The van der Waals surface area contributed by atoms with Gasteiger partial charge in [-0.25, -0.2) is 0 Å². The molecule has 4 heteroatoms. The average molecular weight is 397 g/mol. The topological polar surface area (TPSA) is 41.6 Å². The number of ether oxygens (including phenoxy) is 1. The fourth-order valence-corrected chi connectivity index (χ4v) is 3.40. The number of nitrogens with one attached hydrogen (secondary N) is 1. The van der Waals surface area contributed by atoms with Crippen molar-refractivity contribution in [1.29, 1.82) is 0 Å². The summed E-state index contributed by atoms with van der Waals surface area (Å²) in [5.41, 5.74) is 2.11. The minimum Gasteiger partial charge on any atom is -0.493 e. The summed E-state index contributed by atoms with van der Waals surface area (Å²) >= 11 is 0. The van der Waals surface area contributed by atoms with Gasteiger partial charge in [0.2, 0.25) is 5.91 Å². The lowest BCUT2D eigenvalue weighted by Crippen LogP contribution is -2.37. The van der Waals surface area contributed by atoms with E-state index in [9.17, 15) is 4.79 Å². The maximum Gasteiger partial charge on any atom is 0.227 e. The van der Waals surface area contributed by atoms with Gasteiger partial charge in [-0.3, -0.25) is 4.79 Å². The summed E-state index contributed by atoms with van der Waals surface area (Å²) in [6.45, 7) is 7.84. The largest absolute Gasteiger partial charge is 0.493 e. The molecule has 0 aliphatic carbocycles. The lowest BCUT2D eigenvalue weighted by atomic mass is 9.99. The van der Waals surface area contributed by atoms with Crippen LogP contribution in [0.15, 0.2) is 54.6 Å². The summed E-state index contributed by atoms with van der Waals surface area (Å²) < 4.78 is 5.92. The van der Waals surface area contributed by atoms with Gasteiger partial charge in [0, 0.05) is 6.54 Å². The van der Waals surface area contributed by atoms with Gasteiger partial charge in [0.1, 0.15) is 5.75 Å². The Bertz CT molecular complexity index is 728. The zero-order valence-corrected chi connectivity index (χ0v) is 18.5. The third-order valence-electron chi connectivity index (χ3n) is 5.16. The maximum absolute atomic E-state index is 12.9. The second-order valence-corrected chi connectivity index (χ2v) is 8.23. The molecule has 0 fully saturated rings. The van der Waals surface area contributed by atoms with Crippen LogP contribution in [-0.2, 0) is 4.79 Å². The third kappa shape index (κ3) is 7.54. The van der Waals surface area contributed by atoms with E-state index in [-0.39, 0.29) is 17.9 Å². The van der Waals surface area contributed by atoms with Crippen LogP contribution in [0.5, 0.6) is 5.75 Å². The summed E-state index contributed by atoms with van der Waals surface area (Å²) in [6, 6.07) is 17.9. The molecule has 0 saturated heterocycles. The van der Waals surface area contributed by atoms with Crippen LogP contribution in [0.4, 0.5) is 0 Å². The van der Waals surface area contributed by atoms with Gasteiger partial charge >= 0.3 is 0 Å². The highest BCUT2D eigenvalue weighted by Gasteiger charge is 2.21. The van der Waals surface area contributed by atoms with Gasteiger partial charge in [-0.15, -0.1) is 0 Å². The van der Waals surface area contributed by atoms with Crippen molar-refractivity contribution in [1.82, 2.24) is 10.2 Å². The SMILES string of the molecule is CCCC(C)COc1ccc([C@H](CN(C)C)NC(=O)[C@@H](C)c2ccccc2)cc1. The molecule has 0 saturated carbocycles. The highest BCUT2D eigenvalue weighted by atomic mass is 16.5. The lowest BCUT2D eigenvalue weighted by molar-refractivity contribution is -0.123. The third-order valence-corrected chi connectivity index (χ3v) is 5.16. The van der Waals surface area contributed by atoms with Crippen molar-refractivity contribution in [3.05, 3.63) is 65.7 Å². The number of benzene rings is 2. The fraction of sp³-hybridized carbons (Fsp3) is 0.480. The number of rotatable bonds is 11. The highest BCUT2D eigenvalue weighted by Crippen LogP contribution is 2.22. The molecule has 0 heterocycles. The number of carbonyl (C=O) groups is 1. The van der Waals surface area contributed by atoms with E-state index < -0.39 is 0 Å². The molecule has 2 aromatic rings. The van der Waals surface area contributed by atoms with Crippen molar-refractivity contribution >= 4 is 5.91 Å². The number of amides is 1. The molecular weight excluding hydrogens is 360 g/mol. The van der Waals surface area contributed by atoms with Crippen LogP contribution in [0.1, 0.15) is 56.7 Å². The van der Waals surface area contributed by atoms with Crippen LogP contribution >= 0.6 is 0 Å². The van der Waals surface area contributed by atoms with Gasteiger partial charge < -0.3 is 15.0 Å². The minimum absolute atomic E-state index is 0.0387. The van der Waals surface area contributed by atoms with E-state index in [1.807, 2.05) is 63.5 Å². The number of carbonyl (C=O) groups excluding carboxylic acids is 1. The fourth-order valence-electron chi connectivity index (χ4n) is 3.40. The van der Waals surface area contributed by atoms with Crippen LogP contribution in [0.2, 0.25) is 0 Å². The summed E-state index contributed by atoms with van der Waals surface area (Å²) in [4.78, 5) is 15.0. The first-order chi connectivity index (χ1) is 13.9. The molecule has 1 N–H and O–H groups in total. The Hall–Kier alpha value is -2.33. The number of nitrogens with zero attached hydrogens (tertiary/aromatic N) is 1. The molecule has 0 radical (unpaired) electrons. The van der Waals surface area contributed by atoms with E-state index in [4.69, 9.17) is 4.74 Å². The van der Waals surface area contributed by atoms with Gasteiger partial charge in [0.05, 0.1) is 18.6 Å². The molecule has 0 aromatic heterocycles. The molecule has 29 heavy (non-hydrogen) atoms. The van der Waals surface area contributed by atoms with Crippen LogP contribution in [-0.4, -0.2) is 38.1 Å². The van der Waals surface area contributed by atoms with Crippen molar-refractivity contribution in [3.8, 4) is 5.75 Å². The smallest absolute Gasteiger partial charge is 0.227 e. The molecule has 1 amide bonds. The van der Waals surface area contributed by atoms with E-state index in [2.05, 4.69) is 36.2 Å². The Morgan fingerprint density at radius 3 is 2.24 bits per heavy atom. The second kappa shape index (κ2) is 11.6. The first kappa shape index (κ1) is 23.0. The quantitative estimate of drug-likeness (QED) is 0.579. The van der Waals surface area contributed by atoms with Gasteiger partial charge in [-0.05, 0) is 56.6 Å². The van der Waals surface area contributed by atoms with Crippen LogP contribution in [0.25, 0.3) is 0 Å². The van der Waals surface area contributed by atoms with Gasteiger partial charge in [0.25, 0.3) is 0 Å². The molecule has 1 unspecified atom stereocenters. The monoisotopic (exact) mass is 396 g/mol. The van der Waals surface area contributed by atoms with E-state index in [1.54, 1.807) is 0 Å². The number of likely N-dealkylation sites (N-methyl/N-ethyl adjacent to an activating group) is 1. The van der Waals surface area contributed by atoms with E-state index in [1.165, 1.54) is 12.8 Å². The Labute approximate surface area is 176 Å². The van der Waals surface area contributed by atoms with E-state index in [0.717, 1.165) is 30.0 Å². The normalized spacial score (nSPS) is 14.3. The Balaban J connectivity index is 2.04. The molecule has 0 aliphatic heterocycles. The highest BCUT2D eigenvalue weighted by molar-refractivity contribution is 5.83. The van der Waals surface area contributed by atoms with E-state index in [0.29, 0.717) is 5.92 Å². The predicted octanol–water partition coefficient (Wildman–Crippen LogP) is 5.02. The first-order valence-electron chi connectivity index (χ1n) is 10.6. The Morgan fingerprint density at radius 1 is 1.00 bits per heavy atom. The molecule has 4 nitrogen and oxygen atoms in total. The zero-order valence-electron chi connectivity index (χ0n) is 18.5. The van der Waals surface area contributed by atoms with Crippen LogP contribution in [0, 0.1) is 5.92 Å². The zero-order chi connectivity index (χ0) is 21.2. The number of hydrogen-bond donors (Lipinski definition) is 1. The van der Waals surface area contributed by atoms with Gasteiger partial charge in [-0.2, -0.15) is 0 Å².